The van der Waals surface area contributed by atoms with Crippen LogP contribution in [0, 0.1) is 46.7 Å². The Morgan fingerprint density at radius 2 is 1.43 bits per heavy atom. The minimum absolute atomic E-state index is 0.0129. The Balaban J connectivity index is 1.50. The van der Waals surface area contributed by atoms with Crippen LogP contribution in [0.5, 0.6) is 5.75 Å². The molecular weight excluding hydrogens is 490 g/mol. The molecule has 0 saturated carbocycles. The fourth-order valence-electron chi connectivity index (χ4n) is 3.78. The quantitative estimate of drug-likeness (QED) is 0.146. The Labute approximate surface area is 210 Å². The molecule has 0 heterocycles. The molecule has 4 aromatic carbocycles. The van der Waals surface area contributed by atoms with Crippen LogP contribution in [0.4, 0.5) is 26.3 Å². The van der Waals surface area contributed by atoms with Crippen LogP contribution in [0.1, 0.15) is 29.2 Å². The maximum atomic E-state index is 14.6. The van der Waals surface area contributed by atoms with Crippen LogP contribution in [0.3, 0.4) is 0 Å². The predicted octanol–water partition coefficient (Wildman–Crippen LogP) is 7.81. The largest absolute Gasteiger partial charge is 0.489 e. The molecule has 0 aliphatic carbocycles. The van der Waals surface area contributed by atoms with Crippen LogP contribution in [0.25, 0.3) is 10.8 Å². The van der Waals surface area contributed by atoms with Gasteiger partial charge in [-0.15, -0.1) is 0 Å². The summed E-state index contributed by atoms with van der Waals surface area (Å²) in [5.74, 6) is -0.343. The third-order valence-corrected chi connectivity index (χ3v) is 5.70. The maximum Gasteiger partial charge on any atom is 0.166 e. The molecule has 0 atom stereocenters. The van der Waals surface area contributed by atoms with Crippen LogP contribution < -0.4 is 4.74 Å². The average molecular weight is 510 g/mol. The van der Waals surface area contributed by atoms with Gasteiger partial charge in [-0.3, -0.25) is 0 Å². The number of hydrogen-bond donors (Lipinski definition) is 0. The number of allylic oxidation sites excluding steroid dienone is 1. The van der Waals surface area contributed by atoms with E-state index >= 15 is 0 Å². The second kappa shape index (κ2) is 11.3. The molecule has 0 bridgehead atoms. The summed E-state index contributed by atoms with van der Waals surface area (Å²) in [6.45, 7) is 1.96. The monoisotopic (exact) mass is 510 g/mol. The van der Waals surface area contributed by atoms with Gasteiger partial charge in [0.05, 0.1) is 5.56 Å². The highest BCUT2D eigenvalue weighted by Gasteiger charge is 2.15. The summed E-state index contributed by atoms with van der Waals surface area (Å²) in [5.41, 5.74) is -0.133. The van der Waals surface area contributed by atoms with E-state index in [9.17, 15) is 26.3 Å². The van der Waals surface area contributed by atoms with Crippen molar-refractivity contribution in [3.05, 3.63) is 124 Å². The fourth-order valence-corrected chi connectivity index (χ4v) is 3.78. The Morgan fingerprint density at radius 1 is 0.730 bits per heavy atom. The Kier molecular flexibility index (Phi) is 7.88. The van der Waals surface area contributed by atoms with Gasteiger partial charge < -0.3 is 4.74 Å². The second-order valence-corrected chi connectivity index (χ2v) is 8.23. The van der Waals surface area contributed by atoms with E-state index in [1.54, 1.807) is 19.1 Å². The van der Waals surface area contributed by atoms with Gasteiger partial charge in [-0.25, -0.2) is 26.3 Å². The van der Waals surface area contributed by atoms with Gasteiger partial charge in [0.2, 0.25) is 0 Å². The number of halogens is 6. The zero-order chi connectivity index (χ0) is 26.5. The zero-order valence-electron chi connectivity index (χ0n) is 19.6. The van der Waals surface area contributed by atoms with Gasteiger partial charge in [0.15, 0.2) is 11.6 Å². The van der Waals surface area contributed by atoms with Crippen LogP contribution in [-0.2, 0) is 12.8 Å². The van der Waals surface area contributed by atoms with Gasteiger partial charge in [-0.2, -0.15) is 0 Å². The highest BCUT2D eigenvalue weighted by atomic mass is 19.2. The van der Waals surface area contributed by atoms with Gasteiger partial charge in [-0.05, 0) is 61.0 Å². The van der Waals surface area contributed by atoms with E-state index in [1.165, 1.54) is 24.3 Å². The minimum atomic E-state index is -0.988. The smallest absolute Gasteiger partial charge is 0.166 e. The summed E-state index contributed by atoms with van der Waals surface area (Å²) in [4.78, 5) is 0. The lowest BCUT2D eigenvalue weighted by Crippen LogP contribution is -2.03. The molecule has 1 nitrogen and oxygen atoms in total. The van der Waals surface area contributed by atoms with Gasteiger partial charge in [0.1, 0.15) is 35.6 Å². The summed E-state index contributed by atoms with van der Waals surface area (Å²) < 4.78 is 90.6. The van der Waals surface area contributed by atoms with E-state index in [0.29, 0.717) is 10.9 Å². The van der Waals surface area contributed by atoms with Crippen molar-refractivity contribution in [3.63, 3.8) is 0 Å². The summed E-state index contributed by atoms with van der Waals surface area (Å²) in [6.07, 6.45) is 3.29. The van der Waals surface area contributed by atoms with E-state index in [4.69, 9.17) is 4.74 Å². The van der Waals surface area contributed by atoms with Crippen LogP contribution in [-0.4, -0.2) is 6.61 Å². The minimum Gasteiger partial charge on any atom is -0.489 e. The molecule has 7 heteroatoms. The predicted molar refractivity (Wildman–Crippen MR) is 130 cm³/mol. The van der Waals surface area contributed by atoms with Gasteiger partial charge in [-0.1, -0.05) is 36.1 Å². The molecule has 0 saturated heterocycles. The molecule has 0 spiro atoms. The first-order valence-electron chi connectivity index (χ1n) is 11.4. The lowest BCUT2D eigenvalue weighted by atomic mass is 10.0. The first-order valence-corrected chi connectivity index (χ1v) is 11.4. The lowest BCUT2D eigenvalue weighted by molar-refractivity contribution is 0.356. The fraction of sp³-hybridized carbons (Fsp3) is 0.133. The number of aryl methyl sites for hydroxylation is 1. The SMILES string of the molecule is C/C=C/COc1cc(F)c(CCc2cc(F)c(C#Cc3ccc4c(F)c(F)ccc4c3)c(F)c2)c(F)c1. The number of ether oxygens (including phenoxy) is 1. The van der Waals surface area contributed by atoms with Crippen molar-refractivity contribution in [1.29, 1.82) is 0 Å². The zero-order valence-corrected chi connectivity index (χ0v) is 19.6. The average Bonchev–Trinajstić information content (AvgIpc) is 2.85. The van der Waals surface area contributed by atoms with Gasteiger partial charge in [0, 0.05) is 28.6 Å². The topological polar surface area (TPSA) is 9.23 Å². The van der Waals surface area contributed by atoms with Crippen molar-refractivity contribution < 1.29 is 31.1 Å². The second-order valence-electron chi connectivity index (χ2n) is 8.23. The molecule has 0 unspecified atom stereocenters. The van der Waals surface area contributed by atoms with E-state index < -0.39 is 40.5 Å². The van der Waals surface area contributed by atoms with Gasteiger partial charge >= 0.3 is 0 Å². The molecule has 0 radical (unpaired) electrons. The molecule has 188 valence electrons. The van der Waals surface area contributed by atoms with Crippen molar-refractivity contribution in [2.24, 2.45) is 0 Å². The summed E-state index contributed by atoms with van der Waals surface area (Å²) in [7, 11) is 0. The molecule has 0 amide bonds. The number of rotatable bonds is 6. The van der Waals surface area contributed by atoms with Crippen LogP contribution in [0.15, 0.2) is 66.7 Å². The lowest BCUT2D eigenvalue weighted by Gasteiger charge is -2.10. The number of fused-ring (bicyclic) bond motifs is 1. The molecule has 0 N–H and O–H groups in total. The summed E-state index contributed by atoms with van der Waals surface area (Å²) >= 11 is 0. The summed E-state index contributed by atoms with van der Waals surface area (Å²) in [6, 6.07) is 10.9. The van der Waals surface area contributed by atoms with E-state index in [2.05, 4.69) is 11.8 Å². The van der Waals surface area contributed by atoms with Crippen molar-refractivity contribution in [2.45, 2.75) is 19.8 Å². The molecular formula is C30H20F6O. The van der Waals surface area contributed by atoms with Crippen molar-refractivity contribution >= 4 is 10.8 Å². The molecule has 4 rings (SSSR count). The third-order valence-electron chi connectivity index (χ3n) is 5.70. The molecule has 0 aliphatic heterocycles. The normalized spacial score (nSPS) is 11.1. The first kappa shape index (κ1) is 25.9. The van der Waals surface area contributed by atoms with Crippen molar-refractivity contribution in [2.75, 3.05) is 6.61 Å². The standard InChI is InChI=1S/C30H20F6O/c1-2-3-12-37-21-16-28(34)24(29(35)17-21)10-6-19-14-26(32)23(27(33)15-19)9-5-18-4-8-22-20(13-18)7-11-25(31)30(22)36/h2-4,7-8,11,13-17H,6,10,12H2,1H3/b3-2+. The van der Waals surface area contributed by atoms with E-state index in [-0.39, 0.29) is 41.7 Å². The highest BCUT2D eigenvalue weighted by Crippen LogP contribution is 2.24. The first-order chi connectivity index (χ1) is 17.8. The van der Waals surface area contributed by atoms with Gasteiger partial charge in [0.25, 0.3) is 0 Å². The Hall–Kier alpha value is -4.18. The third kappa shape index (κ3) is 5.97. The Morgan fingerprint density at radius 3 is 2.11 bits per heavy atom. The molecule has 0 aromatic heterocycles. The number of hydrogen-bond acceptors (Lipinski definition) is 1. The van der Waals surface area contributed by atoms with Crippen molar-refractivity contribution in [1.82, 2.24) is 0 Å². The summed E-state index contributed by atoms with van der Waals surface area (Å²) in [5, 5.41) is 0.454. The molecule has 0 fully saturated rings. The van der Waals surface area contributed by atoms with E-state index in [0.717, 1.165) is 30.3 Å². The molecule has 4 aromatic rings. The maximum absolute atomic E-state index is 14.6. The van der Waals surface area contributed by atoms with Crippen LogP contribution in [0.2, 0.25) is 0 Å². The van der Waals surface area contributed by atoms with E-state index in [1.807, 2.05) is 0 Å². The van der Waals surface area contributed by atoms with Crippen molar-refractivity contribution in [3.8, 4) is 17.6 Å². The Bertz CT molecular complexity index is 1520. The highest BCUT2D eigenvalue weighted by molar-refractivity contribution is 5.84. The molecule has 0 aliphatic rings. The van der Waals surface area contributed by atoms with Crippen LogP contribution >= 0.6 is 0 Å². The number of benzene rings is 4. The molecule has 37 heavy (non-hydrogen) atoms.